The van der Waals surface area contributed by atoms with Gasteiger partial charge in [0.25, 0.3) is 0 Å². The first-order valence-corrected chi connectivity index (χ1v) is 5.95. The summed E-state index contributed by atoms with van der Waals surface area (Å²) in [7, 11) is 0. The van der Waals surface area contributed by atoms with Crippen molar-refractivity contribution in [2.45, 2.75) is 11.1 Å². The smallest absolute Gasteiger partial charge is 0.330 e. The van der Waals surface area contributed by atoms with E-state index in [9.17, 15) is 13.2 Å². The van der Waals surface area contributed by atoms with Crippen molar-refractivity contribution in [1.82, 2.24) is 0 Å². The third-order valence-electron chi connectivity index (χ3n) is 2.02. The second-order valence-corrected chi connectivity index (χ2v) is 4.68. The SMILES string of the molecule is NCC(CSc1ccccc1Cl)C(F)(F)F. The lowest BCUT2D eigenvalue weighted by molar-refractivity contribution is -0.165. The number of nitrogens with two attached hydrogens (primary N) is 1. The lowest BCUT2D eigenvalue weighted by atomic mass is 10.2. The van der Waals surface area contributed by atoms with E-state index in [2.05, 4.69) is 0 Å². The van der Waals surface area contributed by atoms with E-state index in [0.29, 0.717) is 9.92 Å². The molecular formula is C10H11ClF3NS. The molecule has 0 aliphatic rings. The zero-order chi connectivity index (χ0) is 12.2. The molecular weight excluding hydrogens is 259 g/mol. The van der Waals surface area contributed by atoms with Crippen LogP contribution in [0.5, 0.6) is 0 Å². The Bertz CT molecular complexity index is 343. The molecule has 1 rings (SSSR count). The molecule has 16 heavy (non-hydrogen) atoms. The van der Waals surface area contributed by atoms with Crippen molar-refractivity contribution in [2.24, 2.45) is 11.7 Å². The fourth-order valence-corrected chi connectivity index (χ4v) is 2.43. The average molecular weight is 270 g/mol. The summed E-state index contributed by atoms with van der Waals surface area (Å²) in [5.41, 5.74) is 5.09. The van der Waals surface area contributed by atoms with Crippen molar-refractivity contribution in [1.29, 1.82) is 0 Å². The number of hydrogen-bond donors (Lipinski definition) is 1. The number of thioether (sulfide) groups is 1. The number of benzene rings is 1. The number of alkyl halides is 3. The first-order chi connectivity index (χ1) is 7.45. The Hall–Kier alpha value is -0.390. The maximum atomic E-state index is 12.4. The second-order valence-electron chi connectivity index (χ2n) is 3.22. The number of halogens is 4. The summed E-state index contributed by atoms with van der Waals surface area (Å²) >= 11 is 6.91. The summed E-state index contributed by atoms with van der Waals surface area (Å²) in [6, 6.07) is 6.81. The molecule has 0 heterocycles. The Kier molecular flexibility index (Phi) is 4.95. The van der Waals surface area contributed by atoms with Crippen LogP contribution in [0.4, 0.5) is 13.2 Å². The molecule has 1 unspecified atom stereocenters. The van der Waals surface area contributed by atoms with Crippen LogP contribution in [0.2, 0.25) is 5.02 Å². The van der Waals surface area contributed by atoms with E-state index in [-0.39, 0.29) is 5.75 Å². The molecule has 0 bridgehead atoms. The summed E-state index contributed by atoms with van der Waals surface area (Å²) in [6.07, 6.45) is -4.25. The Morgan fingerprint density at radius 1 is 1.31 bits per heavy atom. The van der Waals surface area contributed by atoms with Crippen molar-refractivity contribution in [3.05, 3.63) is 29.3 Å². The van der Waals surface area contributed by atoms with E-state index in [1.807, 2.05) is 0 Å². The molecule has 0 aliphatic heterocycles. The van der Waals surface area contributed by atoms with E-state index >= 15 is 0 Å². The Labute approximate surface area is 101 Å². The molecule has 1 nitrogen and oxygen atoms in total. The molecule has 0 aromatic heterocycles. The topological polar surface area (TPSA) is 26.0 Å². The molecule has 0 saturated carbocycles. The third kappa shape index (κ3) is 3.88. The molecule has 0 aliphatic carbocycles. The second kappa shape index (κ2) is 5.80. The van der Waals surface area contributed by atoms with Gasteiger partial charge in [0.05, 0.1) is 10.9 Å². The standard InChI is InChI=1S/C10H11ClF3NS/c11-8-3-1-2-4-9(8)16-6-7(5-15)10(12,13)14/h1-4,7H,5-6,15H2. The van der Waals surface area contributed by atoms with Crippen LogP contribution >= 0.6 is 23.4 Å². The fourth-order valence-electron chi connectivity index (χ4n) is 1.05. The predicted molar refractivity (Wildman–Crippen MR) is 60.8 cm³/mol. The highest BCUT2D eigenvalue weighted by molar-refractivity contribution is 7.99. The largest absolute Gasteiger partial charge is 0.393 e. The van der Waals surface area contributed by atoms with Gasteiger partial charge in [-0.1, -0.05) is 23.7 Å². The van der Waals surface area contributed by atoms with Crippen molar-refractivity contribution in [3.63, 3.8) is 0 Å². The van der Waals surface area contributed by atoms with E-state index in [0.717, 1.165) is 11.8 Å². The maximum Gasteiger partial charge on any atom is 0.393 e. The van der Waals surface area contributed by atoms with E-state index in [4.69, 9.17) is 17.3 Å². The van der Waals surface area contributed by atoms with E-state index < -0.39 is 18.6 Å². The fraction of sp³-hybridized carbons (Fsp3) is 0.400. The van der Waals surface area contributed by atoms with Gasteiger partial charge in [0, 0.05) is 17.2 Å². The van der Waals surface area contributed by atoms with Crippen LogP contribution in [-0.4, -0.2) is 18.5 Å². The lowest BCUT2D eigenvalue weighted by Gasteiger charge is -2.17. The first-order valence-electron chi connectivity index (χ1n) is 4.59. The average Bonchev–Trinajstić information content (AvgIpc) is 2.19. The minimum absolute atomic E-state index is 0.107. The molecule has 0 radical (unpaired) electrons. The minimum Gasteiger partial charge on any atom is -0.330 e. The van der Waals surface area contributed by atoms with Crippen molar-refractivity contribution < 1.29 is 13.2 Å². The van der Waals surface area contributed by atoms with Gasteiger partial charge in [0.2, 0.25) is 0 Å². The minimum atomic E-state index is -4.25. The highest BCUT2D eigenvalue weighted by Crippen LogP contribution is 2.33. The van der Waals surface area contributed by atoms with Gasteiger partial charge in [-0.3, -0.25) is 0 Å². The molecule has 0 amide bonds. The quantitative estimate of drug-likeness (QED) is 0.846. The van der Waals surface area contributed by atoms with Crippen LogP contribution in [0, 0.1) is 5.92 Å². The summed E-state index contributed by atoms with van der Waals surface area (Å²) in [4.78, 5) is 0.645. The van der Waals surface area contributed by atoms with E-state index in [1.54, 1.807) is 24.3 Å². The van der Waals surface area contributed by atoms with Gasteiger partial charge >= 0.3 is 6.18 Å². The molecule has 1 atom stereocenters. The normalized spacial score (nSPS) is 13.8. The zero-order valence-corrected chi connectivity index (χ0v) is 9.87. The van der Waals surface area contributed by atoms with Gasteiger partial charge in [-0.05, 0) is 12.1 Å². The molecule has 0 spiro atoms. The van der Waals surface area contributed by atoms with Gasteiger partial charge in [-0.25, -0.2) is 0 Å². The van der Waals surface area contributed by atoms with Gasteiger partial charge < -0.3 is 5.73 Å². The molecule has 1 aromatic rings. The highest BCUT2D eigenvalue weighted by atomic mass is 35.5. The molecule has 6 heteroatoms. The Morgan fingerprint density at radius 2 is 1.94 bits per heavy atom. The van der Waals surface area contributed by atoms with Gasteiger partial charge in [-0.15, -0.1) is 11.8 Å². The van der Waals surface area contributed by atoms with Crippen LogP contribution in [0.15, 0.2) is 29.2 Å². The van der Waals surface area contributed by atoms with Gasteiger partial charge in [-0.2, -0.15) is 13.2 Å². The van der Waals surface area contributed by atoms with Crippen molar-refractivity contribution in [3.8, 4) is 0 Å². The van der Waals surface area contributed by atoms with E-state index in [1.165, 1.54) is 0 Å². The van der Waals surface area contributed by atoms with Gasteiger partial charge in [0.1, 0.15) is 0 Å². The van der Waals surface area contributed by atoms with Crippen LogP contribution < -0.4 is 5.73 Å². The predicted octanol–water partition coefficient (Wildman–Crippen LogP) is 3.57. The van der Waals surface area contributed by atoms with Crippen LogP contribution in [0.3, 0.4) is 0 Å². The molecule has 0 saturated heterocycles. The zero-order valence-electron chi connectivity index (χ0n) is 8.30. The maximum absolute atomic E-state index is 12.4. The summed E-state index contributed by atoms with van der Waals surface area (Å²) in [5, 5.41) is 0.463. The van der Waals surface area contributed by atoms with Crippen LogP contribution in [0.1, 0.15) is 0 Å². The number of rotatable bonds is 4. The van der Waals surface area contributed by atoms with Gasteiger partial charge in [0.15, 0.2) is 0 Å². The summed E-state index contributed by atoms with van der Waals surface area (Å²) < 4.78 is 37.2. The van der Waals surface area contributed by atoms with Crippen molar-refractivity contribution in [2.75, 3.05) is 12.3 Å². The monoisotopic (exact) mass is 269 g/mol. The Balaban J connectivity index is 2.60. The molecule has 1 aromatic carbocycles. The first kappa shape index (κ1) is 13.7. The van der Waals surface area contributed by atoms with Crippen LogP contribution in [-0.2, 0) is 0 Å². The van der Waals surface area contributed by atoms with Crippen molar-refractivity contribution >= 4 is 23.4 Å². The highest BCUT2D eigenvalue weighted by Gasteiger charge is 2.38. The summed E-state index contributed by atoms with van der Waals surface area (Å²) in [6.45, 7) is -0.402. The molecule has 0 fully saturated rings. The number of hydrogen-bond acceptors (Lipinski definition) is 2. The Morgan fingerprint density at radius 3 is 2.44 bits per heavy atom. The summed E-state index contributed by atoms with van der Waals surface area (Å²) in [5.74, 6) is -1.60. The molecule has 2 N–H and O–H groups in total. The van der Waals surface area contributed by atoms with Crippen LogP contribution in [0.25, 0.3) is 0 Å². The molecule has 90 valence electrons. The lowest BCUT2D eigenvalue weighted by Crippen LogP contribution is -2.32. The third-order valence-corrected chi connectivity index (χ3v) is 3.70.